The van der Waals surface area contributed by atoms with Crippen LogP contribution in [0.25, 0.3) is 0 Å². The van der Waals surface area contributed by atoms with Gasteiger partial charge in [0.15, 0.2) is 0 Å². The van der Waals surface area contributed by atoms with Crippen LogP contribution in [0.2, 0.25) is 0 Å². The predicted molar refractivity (Wildman–Crippen MR) is 268 cm³/mol. The maximum Gasteiger partial charge on any atom is 0.472 e. The maximum atomic E-state index is 12.9. The second kappa shape index (κ2) is 45.4. The van der Waals surface area contributed by atoms with Crippen LogP contribution in [0.15, 0.2) is 12.2 Å². The Kier molecular flexibility index (Phi) is 44.8. The summed E-state index contributed by atoms with van der Waals surface area (Å²) in [5.74, 6) is -0.171. The van der Waals surface area contributed by atoms with Gasteiger partial charge >= 0.3 is 7.82 Å². The molecule has 0 aliphatic heterocycles. The molecule has 0 aromatic carbocycles. The highest BCUT2D eigenvalue weighted by molar-refractivity contribution is 7.47. The number of phosphoric ester groups is 1. The average molecular weight is 900 g/mol. The Morgan fingerprint density at radius 1 is 0.532 bits per heavy atom. The van der Waals surface area contributed by atoms with Crippen LogP contribution in [-0.4, -0.2) is 73.4 Å². The lowest BCUT2D eigenvalue weighted by Crippen LogP contribution is -2.45. The van der Waals surface area contributed by atoms with E-state index in [1.165, 1.54) is 218 Å². The Morgan fingerprint density at radius 3 is 1.19 bits per heavy atom. The molecule has 0 aromatic heterocycles. The van der Waals surface area contributed by atoms with Gasteiger partial charge in [-0.25, -0.2) is 4.57 Å². The highest BCUT2D eigenvalue weighted by atomic mass is 31.2. The van der Waals surface area contributed by atoms with Crippen molar-refractivity contribution >= 4 is 13.7 Å². The van der Waals surface area contributed by atoms with Gasteiger partial charge in [0.25, 0.3) is 0 Å². The summed E-state index contributed by atoms with van der Waals surface area (Å²) in [5, 5.41) is 13.9. The summed E-state index contributed by atoms with van der Waals surface area (Å²) in [6, 6.07) is -0.841. The third-order valence-electron chi connectivity index (χ3n) is 12.5. The largest absolute Gasteiger partial charge is 0.472 e. The summed E-state index contributed by atoms with van der Waals surface area (Å²) in [6.45, 7) is 4.86. The smallest absolute Gasteiger partial charge is 0.387 e. The lowest BCUT2D eigenvalue weighted by atomic mass is 10.0. The zero-order valence-electron chi connectivity index (χ0n) is 42.1. The molecular weight excluding hydrogens is 792 g/mol. The van der Waals surface area contributed by atoms with E-state index in [9.17, 15) is 19.4 Å². The third kappa shape index (κ3) is 47.2. The Hall–Kier alpha value is -0.760. The zero-order chi connectivity index (χ0) is 45.7. The van der Waals surface area contributed by atoms with E-state index in [1.54, 1.807) is 6.08 Å². The minimum absolute atomic E-state index is 0.0651. The lowest BCUT2D eigenvalue weighted by Gasteiger charge is -2.25. The van der Waals surface area contributed by atoms with Crippen LogP contribution in [0.1, 0.15) is 271 Å². The Balaban J connectivity index is 4.22. The Bertz CT molecular complexity index is 1020. The molecule has 0 saturated heterocycles. The molecule has 0 spiro atoms. The number of allylic oxidation sites excluding steroid dienone is 1. The van der Waals surface area contributed by atoms with Gasteiger partial charge in [0.05, 0.1) is 39.9 Å². The van der Waals surface area contributed by atoms with Crippen molar-refractivity contribution < 1.29 is 32.9 Å². The first-order chi connectivity index (χ1) is 30.0. The SMILES string of the molecule is CCCCCCCCCCCCCCCCCC/C=C/C(O)C(COP(=O)(O)OCC[N+](C)(C)C)NC(=O)CCCCCCCCCCCCCCCCCCCCCCCC. The number of hydrogen-bond acceptors (Lipinski definition) is 5. The normalized spacial score (nSPS) is 14.1. The van der Waals surface area contributed by atoms with Crippen LogP contribution < -0.4 is 5.32 Å². The van der Waals surface area contributed by atoms with E-state index in [-0.39, 0.29) is 19.1 Å². The molecule has 62 heavy (non-hydrogen) atoms. The highest BCUT2D eigenvalue weighted by Crippen LogP contribution is 2.43. The molecule has 0 heterocycles. The van der Waals surface area contributed by atoms with Gasteiger partial charge in [0.2, 0.25) is 5.91 Å². The molecule has 0 aliphatic carbocycles. The molecule has 0 rings (SSSR count). The van der Waals surface area contributed by atoms with Crippen molar-refractivity contribution in [2.24, 2.45) is 0 Å². The summed E-state index contributed by atoms with van der Waals surface area (Å²) >= 11 is 0. The number of hydrogen-bond donors (Lipinski definition) is 3. The minimum Gasteiger partial charge on any atom is -0.387 e. The first kappa shape index (κ1) is 61.2. The summed E-state index contributed by atoms with van der Waals surface area (Å²) in [5.41, 5.74) is 0. The van der Waals surface area contributed by atoms with Crippen molar-refractivity contribution in [1.82, 2.24) is 5.32 Å². The fraction of sp³-hybridized carbons (Fsp3) is 0.943. The van der Waals surface area contributed by atoms with Crippen molar-refractivity contribution in [3.05, 3.63) is 12.2 Å². The Labute approximate surface area is 386 Å². The van der Waals surface area contributed by atoms with Crippen LogP contribution in [0.4, 0.5) is 0 Å². The van der Waals surface area contributed by atoms with E-state index >= 15 is 0 Å². The molecule has 3 atom stereocenters. The maximum absolute atomic E-state index is 12.9. The molecule has 0 aliphatic rings. The molecule has 8 nitrogen and oxygen atoms in total. The van der Waals surface area contributed by atoms with Crippen LogP contribution in [0.3, 0.4) is 0 Å². The monoisotopic (exact) mass is 900 g/mol. The molecule has 3 N–H and O–H groups in total. The molecule has 0 aromatic rings. The lowest BCUT2D eigenvalue weighted by molar-refractivity contribution is -0.870. The van der Waals surface area contributed by atoms with Crippen molar-refractivity contribution in [2.75, 3.05) is 40.9 Å². The van der Waals surface area contributed by atoms with E-state index in [1.807, 2.05) is 27.2 Å². The van der Waals surface area contributed by atoms with Crippen LogP contribution >= 0.6 is 7.82 Å². The van der Waals surface area contributed by atoms with Crippen molar-refractivity contribution in [2.45, 2.75) is 283 Å². The number of amides is 1. The number of nitrogens with one attached hydrogen (secondary N) is 1. The molecule has 1 amide bonds. The van der Waals surface area contributed by atoms with Crippen molar-refractivity contribution in [3.8, 4) is 0 Å². The van der Waals surface area contributed by atoms with E-state index in [0.29, 0.717) is 17.4 Å². The number of carbonyl (C=O) groups excluding carboxylic acids is 1. The van der Waals surface area contributed by atoms with Gasteiger partial charge in [-0.1, -0.05) is 257 Å². The van der Waals surface area contributed by atoms with Gasteiger partial charge in [-0.15, -0.1) is 0 Å². The quantitative estimate of drug-likeness (QED) is 0.0243. The average Bonchev–Trinajstić information content (AvgIpc) is 3.23. The molecule has 0 bridgehead atoms. The van der Waals surface area contributed by atoms with Crippen LogP contribution in [0, 0.1) is 0 Å². The number of aliphatic hydroxyl groups excluding tert-OH is 1. The molecular formula is C53H108N2O6P+. The summed E-state index contributed by atoms with van der Waals surface area (Å²) in [7, 11) is 1.59. The third-order valence-corrected chi connectivity index (χ3v) is 13.5. The number of nitrogens with zero attached hydrogens (tertiary/aromatic N) is 1. The first-order valence-corrected chi connectivity index (χ1v) is 28.6. The van der Waals surface area contributed by atoms with Crippen LogP contribution in [0.5, 0.6) is 0 Å². The van der Waals surface area contributed by atoms with Crippen molar-refractivity contribution in [1.29, 1.82) is 0 Å². The van der Waals surface area contributed by atoms with Crippen molar-refractivity contribution in [3.63, 3.8) is 0 Å². The van der Waals surface area contributed by atoms with E-state index in [4.69, 9.17) is 9.05 Å². The summed E-state index contributed by atoms with van der Waals surface area (Å²) in [4.78, 5) is 23.2. The standard InChI is InChI=1S/C53H107N2O6P/c1-6-8-10-12-14-16-18-20-22-24-26-27-28-29-31-33-35-37-39-41-43-45-47-53(57)54-51(50-61-62(58,59)60-49-48-55(3,4)5)52(56)46-44-42-40-38-36-34-32-30-25-23-21-19-17-15-13-11-9-7-2/h44,46,51-52,56H,6-43,45,47-50H2,1-5H3,(H-,54,57,58,59)/p+1/b46-44+. The zero-order valence-corrected chi connectivity index (χ0v) is 43.0. The molecule has 9 heteroatoms. The Morgan fingerprint density at radius 2 is 0.855 bits per heavy atom. The molecule has 0 fully saturated rings. The number of unbranched alkanes of at least 4 members (excludes halogenated alkanes) is 37. The molecule has 0 saturated carbocycles. The van der Waals surface area contributed by atoms with E-state index in [0.717, 1.165) is 32.1 Å². The molecule has 370 valence electrons. The number of carbonyl (C=O) groups is 1. The van der Waals surface area contributed by atoms with Gasteiger partial charge in [-0.05, 0) is 19.3 Å². The number of quaternary nitrogens is 1. The molecule has 0 radical (unpaired) electrons. The number of aliphatic hydroxyl groups is 1. The van der Waals surface area contributed by atoms with Crippen LogP contribution in [-0.2, 0) is 18.4 Å². The second-order valence-electron chi connectivity index (χ2n) is 20.0. The summed E-state index contributed by atoms with van der Waals surface area (Å²) in [6.07, 6.45) is 54.4. The number of phosphoric acid groups is 1. The van der Waals surface area contributed by atoms with Gasteiger partial charge in [0, 0.05) is 6.42 Å². The molecule has 3 unspecified atom stereocenters. The van der Waals surface area contributed by atoms with E-state index in [2.05, 4.69) is 19.2 Å². The predicted octanol–water partition coefficient (Wildman–Crippen LogP) is 15.9. The number of rotatable bonds is 50. The van der Waals surface area contributed by atoms with E-state index < -0.39 is 20.0 Å². The minimum atomic E-state index is -4.34. The fourth-order valence-corrected chi connectivity index (χ4v) is 8.96. The van der Waals surface area contributed by atoms with Gasteiger partial charge < -0.3 is 19.8 Å². The first-order valence-electron chi connectivity index (χ1n) is 27.1. The van der Waals surface area contributed by atoms with Gasteiger partial charge in [-0.3, -0.25) is 13.8 Å². The second-order valence-corrected chi connectivity index (χ2v) is 21.4. The fourth-order valence-electron chi connectivity index (χ4n) is 8.22. The highest BCUT2D eigenvalue weighted by Gasteiger charge is 2.27. The number of likely N-dealkylation sites (N-methyl/N-ethyl adjacent to an activating group) is 1. The van der Waals surface area contributed by atoms with Gasteiger partial charge in [-0.2, -0.15) is 0 Å². The van der Waals surface area contributed by atoms with Gasteiger partial charge in [0.1, 0.15) is 13.2 Å². The topological polar surface area (TPSA) is 105 Å². The summed E-state index contributed by atoms with van der Waals surface area (Å²) < 4.78 is 23.7.